The second-order valence-corrected chi connectivity index (χ2v) is 6.77. The highest BCUT2D eigenvalue weighted by molar-refractivity contribution is 5.91. The van der Waals surface area contributed by atoms with Gasteiger partial charge in [-0.25, -0.2) is 4.79 Å². The van der Waals surface area contributed by atoms with Crippen molar-refractivity contribution < 1.29 is 9.90 Å². The quantitative estimate of drug-likeness (QED) is 0.874. The molecule has 134 valence electrons. The van der Waals surface area contributed by atoms with Gasteiger partial charge in [-0.3, -0.25) is 0 Å². The predicted molar refractivity (Wildman–Crippen MR) is 103 cm³/mol. The Labute approximate surface area is 153 Å². The van der Waals surface area contributed by atoms with E-state index in [-0.39, 0.29) is 0 Å². The van der Waals surface area contributed by atoms with Crippen LogP contribution >= 0.6 is 0 Å². The van der Waals surface area contributed by atoms with Crippen LogP contribution < -0.4 is 10.2 Å². The van der Waals surface area contributed by atoms with E-state index < -0.39 is 5.97 Å². The van der Waals surface area contributed by atoms with Crippen molar-refractivity contribution in [1.29, 1.82) is 5.26 Å². The molecular formula is C21H23N3O2. The fourth-order valence-electron chi connectivity index (χ4n) is 3.61. The number of aromatic carboxylic acids is 1. The van der Waals surface area contributed by atoms with E-state index in [9.17, 15) is 15.2 Å². The lowest BCUT2D eigenvalue weighted by Crippen LogP contribution is -2.39. The smallest absolute Gasteiger partial charge is 0.336 e. The normalized spacial score (nSPS) is 14.7. The Balaban J connectivity index is 1.71. The van der Waals surface area contributed by atoms with E-state index in [1.54, 1.807) is 6.07 Å². The van der Waals surface area contributed by atoms with Gasteiger partial charge in [-0.15, -0.1) is 0 Å². The molecule has 0 unspecified atom stereocenters. The molecule has 1 aliphatic heterocycles. The van der Waals surface area contributed by atoms with Crippen molar-refractivity contribution in [3.05, 3.63) is 58.7 Å². The summed E-state index contributed by atoms with van der Waals surface area (Å²) in [6.45, 7) is 5.59. The molecule has 0 aromatic heterocycles. The fraction of sp³-hybridized carbons (Fsp3) is 0.333. The number of anilines is 2. The summed E-state index contributed by atoms with van der Waals surface area (Å²) in [6.07, 6.45) is 1.88. The Bertz CT molecular complexity index is 862. The third-order valence-corrected chi connectivity index (χ3v) is 5.11. The number of para-hydroxylation sites is 1. The Hall–Kier alpha value is -3.00. The lowest BCUT2D eigenvalue weighted by atomic mass is 9.99. The fourth-order valence-corrected chi connectivity index (χ4v) is 3.61. The van der Waals surface area contributed by atoms with E-state index in [0.717, 1.165) is 48.4 Å². The van der Waals surface area contributed by atoms with E-state index >= 15 is 0 Å². The first kappa shape index (κ1) is 17.8. The number of carboxylic acid groups (broad SMARTS) is 1. The van der Waals surface area contributed by atoms with Crippen LogP contribution in [0.2, 0.25) is 0 Å². The lowest BCUT2D eigenvalue weighted by molar-refractivity contribution is 0.0696. The molecule has 0 atom stereocenters. The molecule has 26 heavy (non-hydrogen) atoms. The molecule has 2 N–H and O–H groups in total. The first-order valence-electron chi connectivity index (χ1n) is 8.85. The molecule has 0 spiro atoms. The zero-order chi connectivity index (χ0) is 18.7. The third-order valence-electron chi connectivity index (χ3n) is 5.11. The molecule has 2 aromatic carbocycles. The second kappa shape index (κ2) is 7.49. The van der Waals surface area contributed by atoms with E-state index in [1.165, 1.54) is 0 Å². The van der Waals surface area contributed by atoms with Crippen LogP contribution in [-0.4, -0.2) is 30.2 Å². The van der Waals surface area contributed by atoms with Crippen molar-refractivity contribution in [3.8, 4) is 6.07 Å². The molecular weight excluding hydrogens is 326 g/mol. The number of nitrogens with one attached hydrogen (secondary N) is 1. The van der Waals surface area contributed by atoms with Crippen molar-refractivity contribution in [1.82, 2.24) is 0 Å². The number of piperidine rings is 1. The Morgan fingerprint density at radius 1 is 1.19 bits per heavy atom. The van der Waals surface area contributed by atoms with E-state index in [1.807, 2.05) is 44.2 Å². The monoisotopic (exact) mass is 349 g/mol. The molecule has 1 saturated heterocycles. The number of benzene rings is 2. The minimum absolute atomic E-state index is 0.293. The van der Waals surface area contributed by atoms with Gasteiger partial charge in [0.25, 0.3) is 0 Å². The van der Waals surface area contributed by atoms with Crippen LogP contribution in [0.5, 0.6) is 0 Å². The van der Waals surface area contributed by atoms with Crippen molar-refractivity contribution in [2.75, 3.05) is 23.3 Å². The molecule has 2 aromatic rings. The van der Waals surface area contributed by atoms with Gasteiger partial charge in [0.05, 0.1) is 16.8 Å². The number of hydrogen-bond acceptors (Lipinski definition) is 4. The van der Waals surface area contributed by atoms with Gasteiger partial charge >= 0.3 is 5.97 Å². The van der Waals surface area contributed by atoms with Crippen molar-refractivity contribution in [2.45, 2.75) is 32.7 Å². The number of rotatable bonds is 4. The molecule has 1 heterocycles. The number of carbonyl (C=O) groups is 1. The van der Waals surface area contributed by atoms with Gasteiger partial charge < -0.3 is 15.3 Å². The highest BCUT2D eigenvalue weighted by Crippen LogP contribution is 2.28. The second-order valence-electron chi connectivity index (χ2n) is 6.77. The summed E-state index contributed by atoms with van der Waals surface area (Å²) in [4.78, 5) is 13.6. The summed E-state index contributed by atoms with van der Waals surface area (Å²) in [5, 5.41) is 22.2. The average Bonchev–Trinajstić information content (AvgIpc) is 2.65. The predicted octanol–water partition coefficient (Wildman–Crippen LogP) is 3.95. The van der Waals surface area contributed by atoms with Gasteiger partial charge in [-0.1, -0.05) is 18.2 Å². The molecule has 3 rings (SSSR count). The summed E-state index contributed by atoms with van der Waals surface area (Å²) in [5.41, 5.74) is 4.83. The zero-order valence-corrected chi connectivity index (χ0v) is 15.1. The molecule has 0 saturated carbocycles. The van der Waals surface area contributed by atoms with Crippen LogP contribution in [-0.2, 0) is 0 Å². The largest absolute Gasteiger partial charge is 0.478 e. The minimum Gasteiger partial charge on any atom is -0.478 e. The van der Waals surface area contributed by atoms with Gasteiger partial charge in [-0.2, -0.15) is 5.26 Å². The molecule has 5 heteroatoms. The zero-order valence-electron chi connectivity index (χ0n) is 15.1. The van der Waals surface area contributed by atoms with E-state index in [4.69, 9.17) is 0 Å². The number of nitriles is 1. The summed E-state index contributed by atoms with van der Waals surface area (Å²) < 4.78 is 0. The molecule has 0 amide bonds. The van der Waals surface area contributed by atoms with Crippen LogP contribution in [0.15, 0.2) is 36.4 Å². The first-order valence-corrected chi connectivity index (χ1v) is 8.85. The topological polar surface area (TPSA) is 76.4 Å². The van der Waals surface area contributed by atoms with E-state index in [0.29, 0.717) is 17.2 Å². The van der Waals surface area contributed by atoms with Crippen molar-refractivity contribution in [3.63, 3.8) is 0 Å². The number of aryl methyl sites for hydroxylation is 1. The molecule has 0 bridgehead atoms. The molecule has 1 fully saturated rings. The van der Waals surface area contributed by atoms with Crippen LogP contribution in [0, 0.1) is 25.2 Å². The van der Waals surface area contributed by atoms with Crippen LogP contribution in [0.1, 0.15) is 39.9 Å². The minimum atomic E-state index is -0.895. The highest BCUT2D eigenvalue weighted by Gasteiger charge is 2.22. The Morgan fingerprint density at radius 2 is 1.88 bits per heavy atom. The SMILES string of the molecule is Cc1ccc(C(=O)O)c(C)c1NC1CCN(c2ccccc2C#N)CC1. The molecule has 0 radical (unpaired) electrons. The van der Waals surface area contributed by atoms with Crippen molar-refractivity contribution in [2.24, 2.45) is 0 Å². The number of carboxylic acids is 1. The highest BCUT2D eigenvalue weighted by atomic mass is 16.4. The lowest BCUT2D eigenvalue weighted by Gasteiger charge is -2.35. The third kappa shape index (κ3) is 3.50. The van der Waals surface area contributed by atoms with Crippen LogP contribution in [0.25, 0.3) is 0 Å². The van der Waals surface area contributed by atoms with Gasteiger partial charge in [0, 0.05) is 24.8 Å². The van der Waals surface area contributed by atoms with Gasteiger partial charge in [0.15, 0.2) is 0 Å². The summed E-state index contributed by atoms with van der Waals surface area (Å²) in [6, 6.07) is 13.8. The maximum atomic E-state index is 11.4. The van der Waals surface area contributed by atoms with Crippen LogP contribution in [0.3, 0.4) is 0 Å². The molecule has 1 aliphatic rings. The van der Waals surface area contributed by atoms with Gasteiger partial charge in [-0.05, 0) is 56.0 Å². The first-order chi connectivity index (χ1) is 12.5. The number of hydrogen-bond donors (Lipinski definition) is 2. The Kier molecular flexibility index (Phi) is 5.13. The maximum Gasteiger partial charge on any atom is 0.336 e. The summed E-state index contributed by atoms with van der Waals surface area (Å²) in [5.74, 6) is -0.895. The van der Waals surface area contributed by atoms with Crippen molar-refractivity contribution >= 4 is 17.3 Å². The summed E-state index contributed by atoms with van der Waals surface area (Å²) >= 11 is 0. The average molecular weight is 349 g/mol. The van der Waals surface area contributed by atoms with Crippen LogP contribution in [0.4, 0.5) is 11.4 Å². The number of nitrogens with zero attached hydrogens (tertiary/aromatic N) is 2. The van der Waals surface area contributed by atoms with E-state index in [2.05, 4.69) is 16.3 Å². The van der Waals surface area contributed by atoms with Gasteiger partial charge in [0.2, 0.25) is 0 Å². The summed E-state index contributed by atoms with van der Waals surface area (Å²) in [7, 11) is 0. The Morgan fingerprint density at radius 3 is 2.54 bits per heavy atom. The maximum absolute atomic E-state index is 11.4. The molecule has 5 nitrogen and oxygen atoms in total. The standard InChI is InChI=1S/C21H23N3O2/c1-14-7-8-18(21(25)26)15(2)20(14)23-17-9-11-24(12-10-17)19-6-4-3-5-16(19)13-22/h3-8,17,23H,9-12H2,1-2H3,(H,25,26). The van der Waals surface area contributed by atoms with Gasteiger partial charge in [0.1, 0.15) is 6.07 Å². The molecule has 0 aliphatic carbocycles.